The van der Waals surface area contributed by atoms with Crippen LogP contribution in [-0.4, -0.2) is 18.6 Å². The highest BCUT2D eigenvalue weighted by Gasteiger charge is 2.08. The molecule has 0 bridgehead atoms. The number of fused-ring (bicyclic) bond motifs is 1. The molecule has 0 saturated carbocycles. The molecule has 1 aromatic heterocycles. The monoisotopic (exact) mass is 286 g/mol. The third kappa shape index (κ3) is 4.10. The summed E-state index contributed by atoms with van der Waals surface area (Å²) in [5.74, 6) is 2.55. The first-order valence-corrected chi connectivity index (χ1v) is 7.95. The highest BCUT2D eigenvalue weighted by atomic mass is 16.5. The van der Waals surface area contributed by atoms with Gasteiger partial charge in [-0.15, -0.1) is 0 Å². The van der Waals surface area contributed by atoms with Gasteiger partial charge in [-0.05, 0) is 35.9 Å². The minimum absolute atomic E-state index is 0.715. The van der Waals surface area contributed by atoms with Crippen LogP contribution in [0.4, 0.5) is 5.82 Å². The maximum absolute atomic E-state index is 5.32. The molecule has 1 unspecified atom stereocenters. The molecule has 0 aliphatic carbocycles. The molecule has 1 atom stereocenters. The van der Waals surface area contributed by atoms with Crippen molar-refractivity contribution in [1.29, 1.82) is 0 Å². The Morgan fingerprint density at radius 3 is 2.81 bits per heavy atom. The van der Waals surface area contributed by atoms with Gasteiger partial charge in [0.15, 0.2) is 0 Å². The number of aromatic nitrogens is 1. The van der Waals surface area contributed by atoms with Crippen molar-refractivity contribution in [1.82, 2.24) is 4.98 Å². The van der Waals surface area contributed by atoms with Crippen molar-refractivity contribution >= 4 is 16.6 Å². The van der Waals surface area contributed by atoms with E-state index in [4.69, 9.17) is 4.74 Å². The first-order valence-electron chi connectivity index (χ1n) is 7.95. The van der Waals surface area contributed by atoms with Gasteiger partial charge in [-0.2, -0.15) is 0 Å². The number of benzene rings is 1. The van der Waals surface area contributed by atoms with Crippen molar-refractivity contribution in [2.24, 2.45) is 5.92 Å². The molecule has 2 aromatic rings. The van der Waals surface area contributed by atoms with Crippen molar-refractivity contribution in [2.75, 3.05) is 19.0 Å². The predicted molar refractivity (Wildman–Crippen MR) is 90.1 cm³/mol. The lowest BCUT2D eigenvalue weighted by atomic mass is 9.99. The summed E-state index contributed by atoms with van der Waals surface area (Å²) >= 11 is 0. The number of nitrogens with one attached hydrogen (secondary N) is 1. The fraction of sp³-hybridized carbons (Fsp3) is 0.500. The number of ether oxygens (including phenoxy) is 1. The zero-order valence-corrected chi connectivity index (χ0v) is 13.4. The lowest BCUT2D eigenvalue weighted by molar-refractivity contribution is 0.415. The molecule has 0 amide bonds. The topological polar surface area (TPSA) is 34.2 Å². The van der Waals surface area contributed by atoms with Crippen molar-refractivity contribution in [3.8, 4) is 5.75 Å². The molecule has 1 N–H and O–H groups in total. The van der Waals surface area contributed by atoms with Gasteiger partial charge < -0.3 is 10.1 Å². The number of anilines is 1. The molecule has 0 spiro atoms. The van der Waals surface area contributed by atoms with Crippen LogP contribution in [0.5, 0.6) is 5.75 Å². The summed E-state index contributed by atoms with van der Waals surface area (Å²) in [5, 5.41) is 5.85. The van der Waals surface area contributed by atoms with Crippen LogP contribution in [0.3, 0.4) is 0 Å². The molecule has 1 aromatic carbocycles. The van der Waals surface area contributed by atoms with Crippen LogP contribution in [0, 0.1) is 5.92 Å². The van der Waals surface area contributed by atoms with Gasteiger partial charge in [-0.25, -0.2) is 4.98 Å². The quantitative estimate of drug-likeness (QED) is 0.751. The van der Waals surface area contributed by atoms with Gasteiger partial charge in [0.1, 0.15) is 11.6 Å². The van der Waals surface area contributed by atoms with Gasteiger partial charge in [-0.3, -0.25) is 0 Å². The van der Waals surface area contributed by atoms with E-state index in [1.165, 1.54) is 31.1 Å². The molecule has 21 heavy (non-hydrogen) atoms. The van der Waals surface area contributed by atoms with Crippen molar-refractivity contribution in [2.45, 2.75) is 39.5 Å². The van der Waals surface area contributed by atoms with E-state index in [2.05, 4.69) is 36.3 Å². The average molecular weight is 286 g/mol. The fourth-order valence-corrected chi connectivity index (χ4v) is 2.60. The number of hydrogen-bond acceptors (Lipinski definition) is 3. The Morgan fingerprint density at radius 1 is 1.24 bits per heavy atom. The first-order chi connectivity index (χ1) is 10.3. The Hall–Kier alpha value is -1.77. The Bertz CT molecular complexity index is 568. The highest BCUT2D eigenvalue weighted by Crippen LogP contribution is 2.26. The lowest BCUT2D eigenvalue weighted by Crippen LogP contribution is -2.14. The summed E-state index contributed by atoms with van der Waals surface area (Å²) in [5.41, 5.74) is 0. The number of hydrogen-bond donors (Lipinski definition) is 1. The molecule has 0 saturated heterocycles. The number of pyridine rings is 1. The standard InChI is InChI=1S/C18H26N2O/c1-4-6-7-14(5-2)13-20-18-17-12-16(21-3)9-8-15(17)10-11-19-18/h8-12,14H,4-7,13H2,1-3H3,(H,19,20). The summed E-state index contributed by atoms with van der Waals surface area (Å²) in [6.45, 7) is 5.50. The lowest BCUT2D eigenvalue weighted by Gasteiger charge is -2.16. The molecule has 0 fully saturated rings. The molecule has 0 radical (unpaired) electrons. The summed E-state index contributed by atoms with van der Waals surface area (Å²) in [6, 6.07) is 8.16. The van der Waals surface area contributed by atoms with E-state index >= 15 is 0 Å². The molecule has 3 heteroatoms. The number of rotatable bonds is 8. The normalized spacial score (nSPS) is 12.3. The largest absolute Gasteiger partial charge is 0.497 e. The molecular formula is C18H26N2O. The van der Waals surface area contributed by atoms with Crippen molar-refractivity contribution in [3.05, 3.63) is 30.5 Å². The number of methoxy groups -OCH3 is 1. The molecule has 114 valence electrons. The summed E-state index contributed by atoms with van der Waals surface area (Å²) in [6.07, 6.45) is 6.93. The molecule has 0 aliphatic rings. The molecule has 0 aliphatic heterocycles. The molecular weight excluding hydrogens is 260 g/mol. The summed E-state index contributed by atoms with van der Waals surface area (Å²) < 4.78 is 5.32. The zero-order valence-electron chi connectivity index (χ0n) is 13.4. The van der Waals surface area contributed by atoms with Gasteiger partial charge in [0, 0.05) is 18.1 Å². The second-order valence-corrected chi connectivity index (χ2v) is 5.54. The van der Waals surface area contributed by atoms with Gasteiger partial charge in [0.2, 0.25) is 0 Å². The second kappa shape index (κ2) is 7.87. The van der Waals surface area contributed by atoms with Gasteiger partial charge in [0.05, 0.1) is 7.11 Å². The second-order valence-electron chi connectivity index (χ2n) is 5.54. The van der Waals surface area contributed by atoms with Gasteiger partial charge in [0.25, 0.3) is 0 Å². The van der Waals surface area contributed by atoms with E-state index in [0.29, 0.717) is 5.92 Å². The Morgan fingerprint density at radius 2 is 2.10 bits per heavy atom. The number of unbranched alkanes of at least 4 members (excludes halogenated alkanes) is 1. The third-order valence-corrected chi connectivity index (χ3v) is 4.07. The van der Waals surface area contributed by atoms with Crippen LogP contribution in [0.25, 0.3) is 10.8 Å². The number of nitrogens with zero attached hydrogens (tertiary/aromatic N) is 1. The minimum atomic E-state index is 0.715. The van der Waals surface area contributed by atoms with Crippen LogP contribution >= 0.6 is 0 Å². The van der Waals surface area contributed by atoms with Crippen LogP contribution in [-0.2, 0) is 0 Å². The SMILES string of the molecule is CCCCC(CC)CNc1nccc2ccc(OC)cc12. The van der Waals surface area contributed by atoms with E-state index in [1.54, 1.807) is 7.11 Å². The van der Waals surface area contributed by atoms with Crippen LogP contribution < -0.4 is 10.1 Å². The van der Waals surface area contributed by atoms with Crippen molar-refractivity contribution < 1.29 is 4.74 Å². The Balaban J connectivity index is 2.13. The maximum Gasteiger partial charge on any atom is 0.133 e. The Kier molecular flexibility index (Phi) is 5.85. The van der Waals surface area contributed by atoms with Crippen LogP contribution in [0.2, 0.25) is 0 Å². The van der Waals surface area contributed by atoms with E-state index in [-0.39, 0.29) is 0 Å². The fourth-order valence-electron chi connectivity index (χ4n) is 2.60. The highest BCUT2D eigenvalue weighted by molar-refractivity contribution is 5.92. The van der Waals surface area contributed by atoms with E-state index in [1.807, 2.05) is 18.3 Å². The van der Waals surface area contributed by atoms with Crippen LogP contribution in [0.1, 0.15) is 39.5 Å². The molecule has 1 heterocycles. The van der Waals surface area contributed by atoms with E-state index < -0.39 is 0 Å². The summed E-state index contributed by atoms with van der Waals surface area (Å²) in [7, 11) is 1.70. The average Bonchev–Trinajstić information content (AvgIpc) is 2.54. The van der Waals surface area contributed by atoms with Gasteiger partial charge >= 0.3 is 0 Å². The third-order valence-electron chi connectivity index (χ3n) is 4.07. The predicted octanol–water partition coefficient (Wildman–Crippen LogP) is 4.87. The molecule has 2 rings (SSSR count). The van der Waals surface area contributed by atoms with E-state index in [0.717, 1.165) is 23.5 Å². The molecule has 3 nitrogen and oxygen atoms in total. The summed E-state index contributed by atoms with van der Waals surface area (Å²) in [4.78, 5) is 4.50. The smallest absolute Gasteiger partial charge is 0.133 e. The van der Waals surface area contributed by atoms with Crippen molar-refractivity contribution in [3.63, 3.8) is 0 Å². The first kappa shape index (κ1) is 15.6. The maximum atomic E-state index is 5.32. The Labute approximate surface area is 127 Å². The van der Waals surface area contributed by atoms with E-state index in [9.17, 15) is 0 Å². The van der Waals surface area contributed by atoms with Gasteiger partial charge in [-0.1, -0.05) is 39.2 Å². The van der Waals surface area contributed by atoms with Crippen LogP contribution in [0.15, 0.2) is 30.5 Å². The zero-order chi connectivity index (χ0) is 15.1. The minimum Gasteiger partial charge on any atom is -0.497 e.